The van der Waals surface area contributed by atoms with Crippen molar-refractivity contribution < 1.29 is 54.4 Å². The second-order valence-electron chi connectivity index (χ2n) is 0. The Balaban J connectivity index is 0. The van der Waals surface area contributed by atoms with Crippen molar-refractivity contribution in [2.24, 2.45) is 0 Å². The molecule has 0 fully saturated rings. The molecule has 2 nitrogen and oxygen atoms in total. The zero-order chi connectivity index (χ0) is 0. The fraction of sp³-hybridized carbons (Fsp3) is 0. The molecular weight excluding hydrogens is 142 g/mol. The molecule has 4 N–H and O–H groups in total. The molecule has 0 atom stereocenters. The number of hydrogen-bond acceptors (Lipinski definition) is 0. The van der Waals surface area contributed by atoms with E-state index < -0.39 is 0 Å². The van der Waals surface area contributed by atoms with Gasteiger partial charge in [-0.1, -0.05) is 0 Å². The van der Waals surface area contributed by atoms with Crippen LogP contribution >= 0.6 is 0 Å². The van der Waals surface area contributed by atoms with Gasteiger partial charge in [0.05, 0.1) is 0 Å². The van der Waals surface area contributed by atoms with Gasteiger partial charge in [-0.3, -0.25) is 0 Å². The van der Waals surface area contributed by atoms with Crippen LogP contribution in [-0.2, 0) is 43.4 Å². The molecule has 0 spiro atoms. The average molecular weight is 148 g/mol. The van der Waals surface area contributed by atoms with Gasteiger partial charge in [0, 0.05) is 43.4 Å². The molecule has 0 rings (SSSR count). The maximum absolute atomic E-state index is 0. The molecule has 0 radical (unpaired) electrons. The van der Waals surface area contributed by atoms with Gasteiger partial charge in [-0.15, -0.1) is 0 Å². The zero-order valence-corrected chi connectivity index (χ0v) is 5.12. The van der Waals surface area contributed by atoms with Crippen molar-refractivity contribution in [1.82, 2.24) is 0 Å². The van der Waals surface area contributed by atoms with Crippen LogP contribution in [0.2, 0.25) is 0 Å². The fourth-order valence-corrected chi connectivity index (χ4v) is 0. The molecule has 0 heterocycles. The summed E-state index contributed by atoms with van der Waals surface area (Å²) in [7, 11) is 0. The molecule has 0 amide bonds. The third-order valence-electron chi connectivity index (χ3n) is 0. The van der Waals surface area contributed by atoms with Gasteiger partial charge >= 0.3 is 37.7 Å². The van der Waals surface area contributed by atoms with E-state index in [-0.39, 0.29) is 92.1 Å². The van der Waals surface area contributed by atoms with Crippen LogP contribution in [0.5, 0.6) is 0 Å². The molecule has 0 aliphatic carbocycles. The van der Waals surface area contributed by atoms with Crippen molar-refractivity contribution >= 4 is 37.7 Å². The standard InChI is InChI=1S/2Li.2H2O.2Ti.2H/h;;2*1H2;;;;. The van der Waals surface area contributed by atoms with E-state index in [9.17, 15) is 0 Å². The molecule has 0 aliphatic rings. The monoisotopic (exact) mass is 148 g/mol. The fourth-order valence-electron chi connectivity index (χ4n) is 0. The third kappa shape index (κ3) is 31.1. The van der Waals surface area contributed by atoms with Gasteiger partial charge in [-0.05, 0) is 0 Å². The van der Waals surface area contributed by atoms with Crippen molar-refractivity contribution in [2.75, 3.05) is 0 Å². The van der Waals surface area contributed by atoms with Gasteiger partial charge in [-0.25, -0.2) is 0 Å². The van der Waals surface area contributed by atoms with Crippen LogP contribution in [0.4, 0.5) is 0 Å². The van der Waals surface area contributed by atoms with Gasteiger partial charge in [0.2, 0.25) is 0 Å². The second kappa shape index (κ2) is 49.9. The Hall–Kier alpha value is 2.54. The minimum Gasteiger partial charge on any atom is 0 e. The summed E-state index contributed by atoms with van der Waals surface area (Å²) in [4.78, 5) is 0. The van der Waals surface area contributed by atoms with Gasteiger partial charge < -0.3 is 11.0 Å². The first-order valence-corrected chi connectivity index (χ1v) is 0. The molecular formula is H6Li2O2Ti2. The van der Waals surface area contributed by atoms with Gasteiger partial charge in [0.15, 0.2) is 0 Å². The van der Waals surface area contributed by atoms with E-state index in [1.54, 1.807) is 0 Å². The summed E-state index contributed by atoms with van der Waals surface area (Å²) < 4.78 is 0. The van der Waals surface area contributed by atoms with Gasteiger partial charge in [0.25, 0.3) is 0 Å². The van der Waals surface area contributed by atoms with Crippen LogP contribution in [0.25, 0.3) is 0 Å². The Labute approximate surface area is 90.9 Å². The van der Waals surface area contributed by atoms with E-state index in [1.165, 1.54) is 0 Å². The molecule has 0 saturated heterocycles. The van der Waals surface area contributed by atoms with Crippen LogP contribution in [0.1, 0.15) is 0 Å². The van der Waals surface area contributed by atoms with E-state index in [1.807, 2.05) is 0 Å². The first-order valence-electron chi connectivity index (χ1n) is 0. The summed E-state index contributed by atoms with van der Waals surface area (Å²) in [5.41, 5.74) is 0. The van der Waals surface area contributed by atoms with Crippen LogP contribution < -0.4 is 0 Å². The Bertz CT molecular complexity index is 9.51. The van der Waals surface area contributed by atoms with Crippen LogP contribution in [-0.4, -0.2) is 48.7 Å². The maximum Gasteiger partial charge on any atom is 0 e. The van der Waals surface area contributed by atoms with Crippen molar-refractivity contribution in [3.05, 3.63) is 0 Å². The van der Waals surface area contributed by atoms with Gasteiger partial charge in [-0.2, -0.15) is 0 Å². The normalized spacial score (nSPS) is 0. The molecule has 6 heteroatoms. The number of hydrogen-bond donors (Lipinski definition) is 0. The first-order chi connectivity index (χ1) is 0. The van der Waals surface area contributed by atoms with E-state index in [2.05, 4.69) is 0 Å². The number of rotatable bonds is 0. The first kappa shape index (κ1) is 75.2. The van der Waals surface area contributed by atoms with Crippen LogP contribution in [0.15, 0.2) is 0 Å². The third-order valence-corrected chi connectivity index (χ3v) is 0. The van der Waals surface area contributed by atoms with Gasteiger partial charge in [0.1, 0.15) is 0 Å². The molecule has 0 saturated carbocycles. The SMILES string of the molecule is O.O.[LiH].[LiH].[Ti].[Ti]. The summed E-state index contributed by atoms with van der Waals surface area (Å²) in [5, 5.41) is 0. The van der Waals surface area contributed by atoms with E-state index >= 15 is 0 Å². The molecule has 0 aromatic heterocycles. The summed E-state index contributed by atoms with van der Waals surface area (Å²) in [5.74, 6) is 0. The molecule has 0 bridgehead atoms. The van der Waals surface area contributed by atoms with Crippen LogP contribution in [0, 0.1) is 0 Å². The Kier molecular flexibility index (Phi) is 625. The summed E-state index contributed by atoms with van der Waals surface area (Å²) in [6, 6.07) is 0. The molecule has 28 valence electrons. The second-order valence-corrected chi connectivity index (χ2v) is 0. The Morgan fingerprint density at radius 3 is 0.500 bits per heavy atom. The average Bonchev–Trinajstić information content (AvgIpc) is 0. The van der Waals surface area contributed by atoms with E-state index in [4.69, 9.17) is 0 Å². The van der Waals surface area contributed by atoms with Crippen molar-refractivity contribution in [3.63, 3.8) is 0 Å². The predicted octanol–water partition coefficient (Wildman–Crippen LogP) is -2.95. The predicted molar refractivity (Wildman–Crippen MR) is 21.5 cm³/mol. The molecule has 0 aliphatic heterocycles. The zero-order valence-electron chi connectivity index (χ0n) is 2.00. The summed E-state index contributed by atoms with van der Waals surface area (Å²) in [6.45, 7) is 0. The van der Waals surface area contributed by atoms with E-state index in [0.29, 0.717) is 0 Å². The molecule has 0 aromatic rings. The quantitative estimate of drug-likeness (QED) is 0.329. The maximum atomic E-state index is 0. The largest absolute Gasteiger partial charge is 0 e. The van der Waals surface area contributed by atoms with Crippen LogP contribution in [0.3, 0.4) is 0 Å². The molecule has 6 heavy (non-hydrogen) atoms. The van der Waals surface area contributed by atoms with E-state index in [0.717, 1.165) is 0 Å². The minimum absolute atomic E-state index is 0. The minimum atomic E-state index is 0. The summed E-state index contributed by atoms with van der Waals surface area (Å²) >= 11 is 0. The van der Waals surface area contributed by atoms with Crippen molar-refractivity contribution in [2.45, 2.75) is 0 Å². The molecule has 0 unspecified atom stereocenters. The Morgan fingerprint density at radius 1 is 0.500 bits per heavy atom. The molecule has 0 aromatic carbocycles. The van der Waals surface area contributed by atoms with Crippen molar-refractivity contribution in [1.29, 1.82) is 0 Å². The smallest absolute Gasteiger partial charge is 0 e. The summed E-state index contributed by atoms with van der Waals surface area (Å²) in [6.07, 6.45) is 0. The topological polar surface area (TPSA) is 63.0 Å². The van der Waals surface area contributed by atoms with Crippen molar-refractivity contribution in [3.8, 4) is 0 Å². The Morgan fingerprint density at radius 2 is 0.500 bits per heavy atom.